The van der Waals surface area contributed by atoms with Crippen LogP contribution in [0.5, 0.6) is 0 Å². The molecule has 0 unspecified atom stereocenters. The number of thioether (sulfide) groups is 1. The van der Waals surface area contributed by atoms with Crippen LogP contribution in [-0.4, -0.2) is 12.2 Å². The summed E-state index contributed by atoms with van der Waals surface area (Å²) in [6, 6.07) is 4.72. The maximum atomic E-state index is 13.2. The molecule has 0 heterocycles. The molecule has 1 rings (SSSR count). The summed E-state index contributed by atoms with van der Waals surface area (Å²) in [4.78, 5) is 11.5. The Labute approximate surface area is 80.5 Å². The monoisotopic (exact) mass is 199 g/mol. The molecule has 13 heavy (non-hydrogen) atoms. The van der Waals surface area contributed by atoms with E-state index in [0.29, 0.717) is 0 Å². The number of nitrogens with one attached hydrogen (secondary N) is 1. The second kappa shape index (κ2) is 4.28. The van der Waals surface area contributed by atoms with E-state index in [1.807, 2.05) is 6.26 Å². The summed E-state index contributed by atoms with van der Waals surface area (Å²) in [6.07, 6.45) is 1.87. The van der Waals surface area contributed by atoms with Gasteiger partial charge in [-0.15, -0.1) is 11.8 Å². The average molecular weight is 199 g/mol. The van der Waals surface area contributed by atoms with Crippen molar-refractivity contribution in [2.24, 2.45) is 0 Å². The van der Waals surface area contributed by atoms with Gasteiger partial charge in [-0.05, 0) is 24.5 Å². The van der Waals surface area contributed by atoms with Gasteiger partial charge in [0.25, 0.3) is 0 Å². The van der Waals surface area contributed by atoms with Crippen molar-refractivity contribution in [3.05, 3.63) is 24.0 Å². The summed E-state index contributed by atoms with van der Waals surface area (Å²) in [5.74, 6) is -0.669. The van der Waals surface area contributed by atoms with Crippen LogP contribution in [0.15, 0.2) is 23.1 Å². The molecule has 0 saturated carbocycles. The van der Waals surface area contributed by atoms with E-state index < -0.39 is 5.82 Å². The lowest BCUT2D eigenvalue weighted by atomic mass is 10.3. The predicted molar refractivity (Wildman–Crippen MR) is 52.5 cm³/mol. The first-order chi connectivity index (χ1) is 6.13. The van der Waals surface area contributed by atoms with E-state index in [0.717, 1.165) is 4.90 Å². The fourth-order valence-electron chi connectivity index (χ4n) is 0.914. The zero-order valence-corrected chi connectivity index (χ0v) is 8.24. The van der Waals surface area contributed by atoms with E-state index in [1.165, 1.54) is 24.8 Å². The minimum Gasteiger partial charge on any atom is -0.324 e. The van der Waals surface area contributed by atoms with E-state index in [4.69, 9.17) is 0 Å². The van der Waals surface area contributed by atoms with E-state index >= 15 is 0 Å². The summed E-state index contributed by atoms with van der Waals surface area (Å²) >= 11 is 1.46. The minimum atomic E-state index is -0.401. The first-order valence-electron chi connectivity index (χ1n) is 3.74. The summed E-state index contributed by atoms with van der Waals surface area (Å²) < 4.78 is 13.2. The average Bonchev–Trinajstić information content (AvgIpc) is 2.08. The molecule has 1 N–H and O–H groups in total. The molecule has 0 atom stereocenters. The highest BCUT2D eigenvalue weighted by Crippen LogP contribution is 2.21. The number of carbonyl (C=O) groups is 1. The third-order valence-corrected chi connectivity index (χ3v) is 2.21. The van der Waals surface area contributed by atoms with Gasteiger partial charge in [-0.3, -0.25) is 4.79 Å². The Morgan fingerprint density at radius 3 is 2.69 bits per heavy atom. The molecule has 0 fully saturated rings. The molecule has 0 aliphatic rings. The third kappa shape index (κ3) is 2.73. The van der Waals surface area contributed by atoms with Gasteiger partial charge in [0, 0.05) is 11.8 Å². The Balaban J connectivity index is 2.91. The van der Waals surface area contributed by atoms with E-state index in [-0.39, 0.29) is 11.6 Å². The van der Waals surface area contributed by atoms with Crippen LogP contribution in [0, 0.1) is 5.82 Å². The number of hydrogen-bond acceptors (Lipinski definition) is 2. The van der Waals surface area contributed by atoms with Gasteiger partial charge in [-0.2, -0.15) is 0 Å². The molecular formula is C9H10FNOS. The number of carbonyl (C=O) groups excluding carboxylic acids is 1. The molecule has 1 aromatic rings. The molecule has 0 saturated heterocycles. The number of amides is 1. The van der Waals surface area contributed by atoms with Crippen LogP contribution in [0.4, 0.5) is 10.1 Å². The van der Waals surface area contributed by atoms with Crippen LogP contribution in [0.1, 0.15) is 6.92 Å². The van der Waals surface area contributed by atoms with Crippen molar-refractivity contribution in [3.8, 4) is 0 Å². The molecule has 0 aromatic heterocycles. The van der Waals surface area contributed by atoms with Crippen molar-refractivity contribution in [2.75, 3.05) is 11.6 Å². The van der Waals surface area contributed by atoms with Crippen LogP contribution in [0.25, 0.3) is 0 Å². The summed E-state index contributed by atoms with van der Waals surface area (Å²) in [7, 11) is 0. The molecule has 4 heteroatoms. The van der Waals surface area contributed by atoms with Crippen molar-refractivity contribution in [2.45, 2.75) is 11.8 Å². The van der Waals surface area contributed by atoms with Crippen molar-refractivity contribution in [1.29, 1.82) is 0 Å². The largest absolute Gasteiger partial charge is 0.324 e. The van der Waals surface area contributed by atoms with E-state index in [1.54, 1.807) is 12.1 Å². The maximum Gasteiger partial charge on any atom is 0.221 e. The SMILES string of the molecule is CSc1ccc(NC(C)=O)c(F)c1. The topological polar surface area (TPSA) is 29.1 Å². The number of hydrogen-bond donors (Lipinski definition) is 1. The van der Waals surface area contributed by atoms with Crippen LogP contribution in [0.3, 0.4) is 0 Å². The first kappa shape index (κ1) is 10.1. The van der Waals surface area contributed by atoms with Crippen LogP contribution in [0.2, 0.25) is 0 Å². The van der Waals surface area contributed by atoms with Crippen LogP contribution < -0.4 is 5.32 Å². The fraction of sp³-hybridized carbons (Fsp3) is 0.222. The molecular weight excluding hydrogens is 189 g/mol. The van der Waals surface area contributed by atoms with Crippen LogP contribution >= 0.6 is 11.8 Å². The Morgan fingerprint density at radius 2 is 2.23 bits per heavy atom. The zero-order valence-electron chi connectivity index (χ0n) is 7.43. The zero-order chi connectivity index (χ0) is 9.84. The molecule has 1 amide bonds. The lowest BCUT2D eigenvalue weighted by molar-refractivity contribution is -0.114. The minimum absolute atomic E-state index is 0.227. The van der Waals surface area contributed by atoms with Gasteiger partial charge in [0.1, 0.15) is 5.82 Å². The third-order valence-electron chi connectivity index (χ3n) is 1.49. The molecule has 0 spiro atoms. The molecule has 0 radical (unpaired) electrons. The Bertz CT molecular complexity index is 327. The Kier molecular flexibility index (Phi) is 3.31. The van der Waals surface area contributed by atoms with Crippen molar-refractivity contribution < 1.29 is 9.18 Å². The molecule has 0 bridgehead atoms. The van der Waals surface area contributed by atoms with Crippen molar-refractivity contribution >= 4 is 23.4 Å². The highest BCUT2D eigenvalue weighted by molar-refractivity contribution is 7.98. The molecule has 2 nitrogen and oxygen atoms in total. The van der Waals surface area contributed by atoms with E-state index in [9.17, 15) is 9.18 Å². The normalized spacial score (nSPS) is 9.77. The number of halogens is 1. The van der Waals surface area contributed by atoms with Gasteiger partial charge < -0.3 is 5.32 Å². The molecule has 0 aliphatic carbocycles. The van der Waals surface area contributed by atoms with E-state index in [2.05, 4.69) is 5.32 Å². The fourth-order valence-corrected chi connectivity index (χ4v) is 1.34. The first-order valence-corrected chi connectivity index (χ1v) is 4.97. The van der Waals surface area contributed by atoms with Gasteiger partial charge in [-0.1, -0.05) is 0 Å². The number of benzene rings is 1. The number of anilines is 1. The van der Waals surface area contributed by atoms with Crippen LogP contribution in [-0.2, 0) is 4.79 Å². The molecule has 1 aromatic carbocycles. The highest BCUT2D eigenvalue weighted by atomic mass is 32.2. The lowest BCUT2D eigenvalue weighted by Gasteiger charge is -2.04. The summed E-state index contributed by atoms with van der Waals surface area (Å²) in [5, 5.41) is 2.40. The lowest BCUT2D eigenvalue weighted by Crippen LogP contribution is -2.07. The molecule has 0 aliphatic heterocycles. The number of rotatable bonds is 2. The Morgan fingerprint density at radius 1 is 1.54 bits per heavy atom. The smallest absolute Gasteiger partial charge is 0.221 e. The molecule has 70 valence electrons. The summed E-state index contributed by atoms with van der Waals surface area (Å²) in [5.41, 5.74) is 0.227. The second-order valence-corrected chi connectivity index (χ2v) is 3.41. The predicted octanol–water partition coefficient (Wildman–Crippen LogP) is 2.51. The van der Waals surface area contributed by atoms with Gasteiger partial charge in [0.15, 0.2) is 0 Å². The quantitative estimate of drug-likeness (QED) is 0.741. The van der Waals surface area contributed by atoms with Gasteiger partial charge in [0.2, 0.25) is 5.91 Å². The Hall–Kier alpha value is -1.03. The van der Waals surface area contributed by atoms with Crippen molar-refractivity contribution in [1.82, 2.24) is 0 Å². The van der Waals surface area contributed by atoms with Gasteiger partial charge in [0.05, 0.1) is 5.69 Å². The van der Waals surface area contributed by atoms with Crippen molar-refractivity contribution in [3.63, 3.8) is 0 Å². The standard InChI is InChI=1S/C9H10FNOS/c1-6(12)11-9-4-3-7(13-2)5-8(9)10/h3-5H,1-2H3,(H,11,12). The highest BCUT2D eigenvalue weighted by Gasteiger charge is 2.03. The van der Waals surface area contributed by atoms with Gasteiger partial charge >= 0.3 is 0 Å². The summed E-state index contributed by atoms with van der Waals surface area (Å²) in [6.45, 7) is 1.35. The second-order valence-electron chi connectivity index (χ2n) is 2.53. The maximum absolute atomic E-state index is 13.2. The van der Waals surface area contributed by atoms with Gasteiger partial charge in [-0.25, -0.2) is 4.39 Å².